The van der Waals surface area contributed by atoms with Crippen molar-refractivity contribution in [2.75, 3.05) is 14.1 Å². The van der Waals surface area contributed by atoms with E-state index in [9.17, 15) is 4.79 Å². The van der Waals surface area contributed by atoms with Crippen molar-refractivity contribution in [3.63, 3.8) is 0 Å². The molecule has 0 aliphatic heterocycles. The van der Waals surface area contributed by atoms with Crippen molar-refractivity contribution in [3.8, 4) is 11.3 Å². The molecule has 0 N–H and O–H groups in total. The molecule has 0 saturated carbocycles. The summed E-state index contributed by atoms with van der Waals surface area (Å²) in [6.45, 7) is 1.96. The molecule has 1 unspecified atom stereocenters. The van der Waals surface area contributed by atoms with Crippen LogP contribution in [0, 0.1) is 0 Å². The van der Waals surface area contributed by atoms with Gasteiger partial charge in [-0.25, -0.2) is 0 Å². The summed E-state index contributed by atoms with van der Waals surface area (Å²) in [5, 5.41) is 5.05. The quantitative estimate of drug-likeness (QED) is 0.867. The highest BCUT2D eigenvalue weighted by atomic mass is 35.5. The van der Waals surface area contributed by atoms with Crippen molar-refractivity contribution >= 4 is 17.5 Å². The third-order valence-corrected chi connectivity index (χ3v) is 3.44. The Kier molecular flexibility index (Phi) is 4.45. The van der Waals surface area contributed by atoms with Gasteiger partial charge in [-0.2, -0.15) is 5.10 Å². The van der Waals surface area contributed by atoms with Crippen LogP contribution in [-0.2, 0) is 4.79 Å². The number of likely N-dealkylation sites (N-methyl/N-ethyl adjacent to an activating group) is 1. The smallest absolute Gasteiger partial charge is 0.246 e. The van der Waals surface area contributed by atoms with E-state index in [-0.39, 0.29) is 11.9 Å². The normalized spacial score (nSPS) is 12.2. The molecular weight excluding hydrogens is 274 g/mol. The lowest BCUT2D eigenvalue weighted by Gasteiger charge is -2.19. The monoisotopic (exact) mass is 291 g/mol. The number of rotatable bonds is 4. The minimum Gasteiger partial charge on any atom is -0.347 e. The number of hydrogen-bond acceptors (Lipinski definition) is 2. The average Bonchev–Trinajstić information content (AvgIpc) is 2.82. The molecule has 20 heavy (non-hydrogen) atoms. The number of halogens is 1. The molecule has 0 aliphatic carbocycles. The Hall–Kier alpha value is -1.81. The summed E-state index contributed by atoms with van der Waals surface area (Å²) >= 11 is 6.26. The fraction of sp³-hybridized carbons (Fsp3) is 0.333. The molecule has 1 aromatic heterocycles. The van der Waals surface area contributed by atoms with E-state index in [2.05, 4.69) is 5.10 Å². The highest BCUT2D eigenvalue weighted by molar-refractivity contribution is 6.33. The summed E-state index contributed by atoms with van der Waals surface area (Å²) in [5.74, 6) is 0.0197. The lowest BCUT2D eigenvalue weighted by atomic mass is 10.2. The molecule has 1 atom stereocenters. The SMILES string of the molecule is CCC(C(=O)N(C)C)n1cc(Cl)c(-c2ccccc2)n1. The second-order valence-corrected chi connectivity index (χ2v) is 5.24. The molecule has 2 aromatic rings. The van der Waals surface area contributed by atoms with Crippen LogP contribution >= 0.6 is 11.6 Å². The Morgan fingerprint density at radius 1 is 1.35 bits per heavy atom. The molecule has 2 rings (SSSR count). The van der Waals surface area contributed by atoms with Crippen molar-refractivity contribution < 1.29 is 4.79 Å². The number of aromatic nitrogens is 2. The summed E-state index contributed by atoms with van der Waals surface area (Å²) < 4.78 is 1.66. The molecule has 0 bridgehead atoms. The minimum absolute atomic E-state index is 0.0197. The number of benzene rings is 1. The van der Waals surface area contributed by atoms with Gasteiger partial charge in [0.2, 0.25) is 5.91 Å². The van der Waals surface area contributed by atoms with Crippen LogP contribution in [0.3, 0.4) is 0 Å². The Labute approximate surface area is 124 Å². The largest absolute Gasteiger partial charge is 0.347 e. The second-order valence-electron chi connectivity index (χ2n) is 4.83. The minimum atomic E-state index is -0.319. The molecule has 4 nitrogen and oxygen atoms in total. The lowest BCUT2D eigenvalue weighted by Crippen LogP contribution is -2.31. The first-order valence-corrected chi connectivity index (χ1v) is 6.93. The van der Waals surface area contributed by atoms with Crippen LogP contribution in [-0.4, -0.2) is 34.7 Å². The Morgan fingerprint density at radius 2 is 2.00 bits per heavy atom. The predicted molar refractivity (Wildman–Crippen MR) is 80.7 cm³/mol. The summed E-state index contributed by atoms with van der Waals surface area (Å²) in [4.78, 5) is 13.7. The van der Waals surface area contributed by atoms with Gasteiger partial charge in [0.15, 0.2) is 0 Å². The van der Waals surface area contributed by atoms with Crippen LogP contribution in [0.2, 0.25) is 5.02 Å². The van der Waals surface area contributed by atoms with Gasteiger partial charge in [-0.1, -0.05) is 48.9 Å². The van der Waals surface area contributed by atoms with E-state index in [1.807, 2.05) is 37.3 Å². The van der Waals surface area contributed by atoms with Gasteiger partial charge in [-0.3, -0.25) is 9.48 Å². The number of nitrogens with zero attached hydrogens (tertiary/aromatic N) is 3. The second kappa shape index (κ2) is 6.09. The Morgan fingerprint density at radius 3 is 2.55 bits per heavy atom. The van der Waals surface area contributed by atoms with E-state index in [1.54, 1.807) is 29.9 Å². The molecule has 1 amide bonds. The van der Waals surface area contributed by atoms with Gasteiger partial charge in [-0.05, 0) is 6.42 Å². The first-order chi connectivity index (χ1) is 9.54. The number of carbonyl (C=O) groups is 1. The van der Waals surface area contributed by atoms with Gasteiger partial charge in [0.1, 0.15) is 11.7 Å². The Balaban J connectivity index is 2.38. The zero-order chi connectivity index (χ0) is 14.7. The van der Waals surface area contributed by atoms with E-state index in [4.69, 9.17) is 11.6 Å². The van der Waals surface area contributed by atoms with Crippen LogP contribution in [0.5, 0.6) is 0 Å². The van der Waals surface area contributed by atoms with E-state index >= 15 is 0 Å². The first kappa shape index (κ1) is 14.6. The van der Waals surface area contributed by atoms with Gasteiger partial charge >= 0.3 is 0 Å². The van der Waals surface area contributed by atoms with E-state index < -0.39 is 0 Å². The molecule has 106 valence electrons. The average molecular weight is 292 g/mol. The van der Waals surface area contributed by atoms with Gasteiger partial charge in [0, 0.05) is 25.9 Å². The summed E-state index contributed by atoms with van der Waals surface area (Å²) in [6.07, 6.45) is 2.39. The van der Waals surface area contributed by atoms with Gasteiger partial charge in [-0.15, -0.1) is 0 Å². The molecule has 0 aliphatic rings. The fourth-order valence-electron chi connectivity index (χ4n) is 2.09. The maximum absolute atomic E-state index is 12.2. The van der Waals surface area contributed by atoms with Gasteiger partial charge in [0.05, 0.1) is 5.02 Å². The standard InChI is InChI=1S/C15H18ClN3O/c1-4-13(15(20)18(2)3)19-10-12(16)14(17-19)11-8-6-5-7-9-11/h5-10,13H,4H2,1-3H3. The van der Waals surface area contributed by atoms with Crippen molar-refractivity contribution in [2.24, 2.45) is 0 Å². The van der Waals surface area contributed by atoms with Crippen LogP contribution in [0.25, 0.3) is 11.3 Å². The van der Waals surface area contributed by atoms with Crippen LogP contribution in [0.4, 0.5) is 0 Å². The van der Waals surface area contributed by atoms with E-state index in [0.29, 0.717) is 17.1 Å². The summed E-state index contributed by atoms with van der Waals surface area (Å²) in [7, 11) is 3.49. The maximum atomic E-state index is 12.2. The zero-order valence-electron chi connectivity index (χ0n) is 11.9. The molecule has 0 spiro atoms. The molecule has 0 saturated heterocycles. The van der Waals surface area contributed by atoms with E-state index in [0.717, 1.165) is 5.56 Å². The third kappa shape index (κ3) is 2.85. The highest BCUT2D eigenvalue weighted by Crippen LogP contribution is 2.28. The van der Waals surface area contributed by atoms with Crippen molar-refractivity contribution in [3.05, 3.63) is 41.6 Å². The number of amides is 1. The predicted octanol–water partition coefficient (Wildman–Crippen LogP) is 3.24. The van der Waals surface area contributed by atoms with Crippen LogP contribution in [0.1, 0.15) is 19.4 Å². The topological polar surface area (TPSA) is 38.1 Å². The van der Waals surface area contributed by atoms with Crippen molar-refractivity contribution in [1.82, 2.24) is 14.7 Å². The molecule has 0 radical (unpaired) electrons. The Bertz CT molecular complexity index is 592. The van der Waals surface area contributed by atoms with Crippen LogP contribution < -0.4 is 0 Å². The maximum Gasteiger partial charge on any atom is 0.246 e. The molecule has 0 fully saturated rings. The molecule has 1 aromatic carbocycles. The fourth-order valence-corrected chi connectivity index (χ4v) is 2.34. The summed E-state index contributed by atoms with van der Waals surface area (Å²) in [5.41, 5.74) is 1.65. The molecule has 5 heteroatoms. The van der Waals surface area contributed by atoms with Gasteiger partial charge < -0.3 is 4.90 Å². The van der Waals surface area contributed by atoms with Crippen LogP contribution in [0.15, 0.2) is 36.5 Å². The number of hydrogen-bond donors (Lipinski definition) is 0. The molecular formula is C15H18ClN3O. The first-order valence-electron chi connectivity index (χ1n) is 6.55. The van der Waals surface area contributed by atoms with Gasteiger partial charge in [0.25, 0.3) is 0 Å². The summed E-state index contributed by atoms with van der Waals surface area (Å²) in [6, 6.07) is 9.40. The zero-order valence-corrected chi connectivity index (χ0v) is 12.6. The number of carbonyl (C=O) groups excluding carboxylic acids is 1. The highest BCUT2D eigenvalue weighted by Gasteiger charge is 2.22. The van der Waals surface area contributed by atoms with E-state index in [1.165, 1.54) is 0 Å². The third-order valence-electron chi connectivity index (χ3n) is 3.17. The van der Waals surface area contributed by atoms with Crippen molar-refractivity contribution in [1.29, 1.82) is 0 Å². The lowest BCUT2D eigenvalue weighted by molar-refractivity contribution is -0.132. The van der Waals surface area contributed by atoms with Crippen molar-refractivity contribution in [2.45, 2.75) is 19.4 Å². The molecule has 1 heterocycles.